The van der Waals surface area contributed by atoms with Crippen molar-refractivity contribution in [2.24, 2.45) is 5.92 Å². The molecule has 3 aromatic rings. The second-order valence-corrected chi connectivity index (χ2v) is 6.13. The Labute approximate surface area is 136 Å². The molecule has 0 atom stereocenters. The van der Waals surface area contributed by atoms with Crippen LogP contribution in [0.5, 0.6) is 0 Å². The van der Waals surface area contributed by atoms with E-state index in [-0.39, 0.29) is 16.8 Å². The monoisotopic (exact) mass is 329 g/mol. The van der Waals surface area contributed by atoms with Gasteiger partial charge < -0.3 is 5.32 Å². The van der Waals surface area contributed by atoms with Crippen LogP contribution in [-0.4, -0.2) is 16.1 Å². The van der Waals surface area contributed by atoms with E-state index in [2.05, 4.69) is 15.5 Å². The van der Waals surface area contributed by atoms with Crippen molar-refractivity contribution in [3.05, 3.63) is 47.2 Å². The Bertz CT molecular complexity index is 917. The number of carbonyl (C=O) groups excluding carboxylic acids is 1. The van der Waals surface area contributed by atoms with Gasteiger partial charge in [-0.05, 0) is 48.2 Å². The van der Waals surface area contributed by atoms with Crippen LogP contribution in [0.25, 0.3) is 22.0 Å². The number of carbonyl (C=O) groups is 1. The molecule has 1 heterocycles. The minimum atomic E-state index is -0.442. The number of anilines is 1. The van der Waals surface area contributed by atoms with Gasteiger partial charge in [0, 0.05) is 11.3 Å². The lowest BCUT2D eigenvalue weighted by molar-refractivity contribution is -0.117. The first-order valence-electron chi connectivity index (χ1n) is 7.36. The SMILES string of the molecule is O=C(Nc1n[nH]c2cc(-c3ccc(F)c(Cl)c3)ccc12)C1CC1. The highest BCUT2D eigenvalue weighted by Gasteiger charge is 2.30. The molecule has 2 aromatic carbocycles. The number of nitrogens with one attached hydrogen (secondary N) is 2. The lowest BCUT2D eigenvalue weighted by Gasteiger charge is -2.04. The van der Waals surface area contributed by atoms with E-state index in [1.165, 1.54) is 6.07 Å². The lowest BCUT2D eigenvalue weighted by atomic mass is 10.0. The number of hydrogen-bond donors (Lipinski definition) is 2. The maximum absolute atomic E-state index is 13.3. The predicted molar refractivity (Wildman–Crippen MR) is 87.9 cm³/mol. The molecule has 0 saturated heterocycles. The summed E-state index contributed by atoms with van der Waals surface area (Å²) in [6.07, 6.45) is 1.90. The van der Waals surface area contributed by atoms with Gasteiger partial charge in [0.25, 0.3) is 0 Å². The first-order chi connectivity index (χ1) is 11.1. The van der Waals surface area contributed by atoms with Crippen LogP contribution in [0.15, 0.2) is 36.4 Å². The van der Waals surface area contributed by atoms with Crippen molar-refractivity contribution < 1.29 is 9.18 Å². The van der Waals surface area contributed by atoms with Gasteiger partial charge in [-0.3, -0.25) is 9.89 Å². The highest BCUT2D eigenvalue weighted by Crippen LogP contribution is 2.32. The maximum atomic E-state index is 13.3. The molecule has 0 bridgehead atoms. The number of H-pyrrole nitrogens is 1. The highest BCUT2D eigenvalue weighted by atomic mass is 35.5. The molecule has 1 saturated carbocycles. The number of rotatable bonds is 3. The summed E-state index contributed by atoms with van der Waals surface area (Å²) in [5.41, 5.74) is 2.51. The van der Waals surface area contributed by atoms with Gasteiger partial charge in [0.2, 0.25) is 5.91 Å². The normalized spacial score (nSPS) is 14.2. The van der Waals surface area contributed by atoms with Crippen LogP contribution in [-0.2, 0) is 4.79 Å². The third-order valence-corrected chi connectivity index (χ3v) is 4.30. The number of halogens is 2. The summed E-state index contributed by atoms with van der Waals surface area (Å²) in [6.45, 7) is 0. The quantitative estimate of drug-likeness (QED) is 0.749. The Morgan fingerprint density at radius 1 is 1.22 bits per heavy atom. The molecule has 1 fully saturated rings. The minimum absolute atomic E-state index is 0.0211. The summed E-state index contributed by atoms with van der Waals surface area (Å²) in [6, 6.07) is 10.3. The minimum Gasteiger partial charge on any atom is -0.308 e. The Kier molecular flexibility index (Phi) is 3.31. The summed E-state index contributed by atoms with van der Waals surface area (Å²) in [4.78, 5) is 11.9. The molecule has 0 radical (unpaired) electrons. The van der Waals surface area contributed by atoms with Crippen molar-refractivity contribution in [3.8, 4) is 11.1 Å². The maximum Gasteiger partial charge on any atom is 0.228 e. The molecule has 0 unspecified atom stereocenters. The van der Waals surface area contributed by atoms with Crippen molar-refractivity contribution in [2.75, 3.05) is 5.32 Å². The van der Waals surface area contributed by atoms with Crippen molar-refractivity contribution in [3.63, 3.8) is 0 Å². The molecule has 116 valence electrons. The average Bonchev–Trinajstić information content (AvgIpc) is 3.33. The molecule has 0 spiro atoms. The molecule has 4 rings (SSSR count). The summed E-state index contributed by atoms with van der Waals surface area (Å²) in [5.74, 6) is 0.249. The van der Waals surface area contributed by atoms with Crippen LogP contribution in [0.4, 0.5) is 10.2 Å². The number of aromatic nitrogens is 2. The highest BCUT2D eigenvalue weighted by molar-refractivity contribution is 6.31. The number of benzene rings is 2. The van der Waals surface area contributed by atoms with Gasteiger partial charge in [0.15, 0.2) is 5.82 Å². The van der Waals surface area contributed by atoms with Gasteiger partial charge in [0.05, 0.1) is 10.5 Å². The van der Waals surface area contributed by atoms with Gasteiger partial charge in [-0.25, -0.2) is 4.39 Å². The molecule has 6 heteroatoms. The van der Waals surface area contributed by atoms with E-state index in [9.17, 15) is 9.18 Å². The number of hydrogen-bond acceptors (Lipinski definition) is 2. The third kappa shape index (κ3) is 2.68. The fourth-order valence-electron chi connectivity index (χ4n) is 2.53. The van der Waals surface area contributed by atoms with Crippen molar-refractivity contribution in [1.82, 2.24) is 10.2 Å². The van der Waals surface area contributed by atoms with E-state index in [0.717, 1.165) is 34.9 Å². The van der Waals surface area contributed by atoms with E-state index in [4.69, 9.17) is 11.6 Å². The van der Waals surface area contributed by atoms with Crippen LogP contribution in [0.2, 0.25) is 5.02 Å². The van der Waals surface area contributed by atoms with Crippen LogP contribution in [0, 0.1) is 11.7 Å². The van der Waals surface area contributed by atoms with Crippen molar-refractivity contribution >= 4 is 34.2 Å². The summed E-state index contributed by atoms with van der Waals surface area (Å²) >= 11 is 5.84. The molecule has 1 aliphatic carbocycles. The van der Waals surface area contributed by atoms with Gasteiger partial charge in [-0.15, -0.1) is 0 Å². The number of fused-ring (bicyclic) bond motifs is 1. The molecular weight excluding hydrogens is 317 g/mol. The van der Waals surface area contributed by atoms with Gasteiger partial charge in [0.1, 0.15) is 5.82 Å². The Morgan fingerprint density at radius 3 is 2.70 bits per heavy atom. The predicted octanol–water partition coefficient (Wildman–Crippen LogP) is 4.37. The van der Waals surface area contributed by atoms with E-state index in [1.54, 1.807) is 12.1 Å². The molecule has 1 aliphatic rings. The Balaban J connectivity index is 1.68. The Morgan fingerprint density at radius 2 is 1.96 bits per heavy atom. The summed E-state index contributed by atoms with van der Waals surface area (Å²) < 4.78 is 13.3. The number of amides is 1. The fourth-order valence-corrected chi connectivity index (χ4v) is 2.71. The van der Waals surface area contributed by atoms with Gasteiger partial charge >= 0.3 is 0 Å². The van der Waals surface area contributed by atoms with Gasteiger partial charge in [-0.2, -0.15) is 5.10 Å². The van der Waals surface area contributed by atoms with Crippen LogP contribution >= 0.6 is 11.6 Å². The smallest absolute Gasteiger partial charge is 0.228 e. The van der Waals surface area contributed by atoms with E-state index >= 15 is 0 Å². The second-order valence-electron chi connectivity index (χ2n) is 5.72. The van der Waals surface area contributed by atoms with E-state index < -0.39 is 5.82 Å². The summed E-state index contributed by atoms with van der Waals surface area (Å²) in [7, 11) is 0. The van der Waals surface area contributed by atoms with Gasteiger partial charge in [-0.1, -0.05) is 23.7 Å². The van der Waals surface area contributed by atoms with Crippen molar-refractivity contribution in [2.45, 2.75) is 12.8 Å². The molecule has 1 amide bonds. The first kappa shape index (κ1) is 14.2. The average molecular weight is 330 g/mol. The topological polar surface area (TPSA) is 57.8 Å². The number of nitrogens with zero attached hydrogens (tertiary/aromatic N) is 1. The van der Waals surface area contributed by atoms with Crippen LogP contribution < -0.4 is 5.32 Å². The zero-order valence-corrected chi connectivity index (χ0v) is 12.8. The lowest BCUT2D eigenvalue weighted by Crippen LogP contribution is -2.13. The zero-order valence-electron chi connectivity index (χ0n) is 12.1. The largest absolute Gasteiger partial charge is 0.308 e. The second kappa shape index (κ2) is 5.35. The first-order valence-corrected chi connectivity index (χ1v) is 7.74. The molecular formula is C17H13ClFN3O. The Hall–Kier alpha value is -2.40. The number of aromatic amines is 1. The molecule has 0 aliphatic heterocycles. The summed E-state index contributed by atoms with van der Waals surface area (Å²) in [5, 5.41) is 10.9. The molecule has 2 N–H and O–H groups in total. The van der Waals surface area contributed by atoms with Crippen LogP contribution in [0.3, 0.4) is 0 Å². The zero-order chi connectivity index (χ0) is 16.0. The van der Waals surface area contributed by atoms with Crippen molar-refractivity contribution in [1.29, 1.82) is 0 Å². The fraction of sp³-hybridized carbons (Fsp3) is 0.176. The molecule has 4 nitrogen and oxygen atoms in total. The standard InChI is InChI=1S/C17H13ClFN3O/c18-13-7-10(4-6-14(13)19)11-3-5-12-15(8-11)21-22-16(12)20-17(23)9-1-2-9/h3-9H,1-2H2,(H2,20,21,22,23). The molecule has 1 aromatic heterocycles. The third-order valence-electron chi connectivity index (χ3n) is 4.01. The van der Waals surface area contributed by atoms with Crippen LogP contribution in [0.1, 0.15) is 12.8 Å². The molecule has 23 heavy (non-hydrogen) atoms. The van der Waals surface area contributed by atoms with E-state index in [0.29, 0.717) is 5.82 Å². The van der Waals surface area contributed by atoms with E-state index in [1.807, 2.05) is 18.2 Å².